The first kappa shape index (κ1) is 26.7. The first-order valence-electron chi connectivity index (χ1n) is 11.0. The summed E-state index contributed by atoms with van der Waals surface area (Å²) in [6.07, 6.45) is 3.38. The topological polar surface area (TPSA) is 111 Å². The molecule has 9 nitrogen and oxygen atoms in total. The molecule has 188 valence electrons. The van der Waals surface area contributed by atoms with Crippen molar-refractivity contribution in [2.75, 3.05) is 25.2 Å². The second-order valence-electron chi connectivity index (χ2n) is 7.69. The average Bonchev–Trinajstić information content (AvgIpc) is 2.83. The van der Waals surface area contributed by atoms with Gasteiger partial charge in [-0.15, -0.1) is 6.58 Å². The van der Waals surface area contributed by atoms with E-state index in [1.807, 2.05) is 6.92 Å². The van der Waals surface area contributed by atoms with Crippen LogP contribution in [0.25, 0.3) is 6.08 Å². The van der Waals surface area contributed by atoms with Gasteiger partial charge in [0.05, 0.1) is 19.4 Å². The number of halogens is 1. The summed E-state index contributed by atoms with van der Waals surface area (Å²) in [7, 11) is 1.25. The molecule has 2 aromatic carbocycles. The van der Waals surface area contributed by atoms with Crippen LogP contribution in [0.2, 0.25) is 0 Å². The molecule has 10 heteroatoms. The Bertz CT molecular complexity index is 1270. The molecule has 36 heavy (non-hydrogen) atoms. The maximum Gasteiger partial charge on any atom is 0.343 e. The molecular formula is C26H25BrN2O7. The fourth-order valence-corrected chi connectivity index (χ4v) is 3.76. The summed E-state index contributed by atoms with van der Waals surface area (Å²) in [4.78, 5) is 51.0. The highest BCUT2D eigenvalue weighted by Gasteiger charge is 2.37. The van der Waals surface area contributed by atoms with Crippen LogP contribution in [0.15, 0.2) is 53.0 Å². The van der Waals surface area contributed by atoms with Crippen molar-refractivity contribution in [3.63, 3.8) is 0 Å². The third-order valence-electron chi connectivity index (χ3n) is 5.19. The van der Waals surface area contributed by atoms with E-state index < -0.39 is 23.8 Å². The number of carbonyl (C=O) groups is 4. The molecule has 1 aliphatic rings. The maximum absolute atomic E-state index is 13.3. The Kier molecular flexibility index (Phi) is 8.65. The number of methoxy groups -OCH3 is 1. The lowest BCUT2D eigenvalue weighted by Crippen LogP contribution is -2.54. The molecule has 1 saturated heterocycles. The van der Waals surface area contributed by atoms with Crippen molar-refractivity contribution in [2.45, 2.75) is 20.3 Å². The summed E-state index contributed by atoms with van der Waals surface area (Å²) in [5, 5.41) is 2.22. The van der Waals surface area contributed by atoms with Crippen molar-refractivity contribution in [1.29, 1.82) is 0 Å². The van der Waals surface area contributed by atoms with Crippen molar-refractivity contribution >= 4 is 51.5 Å². The van der Waals surface area contributed by atoms with Crippen molar-refractivity contribution in [1.82, 2.24) is 5.32 Å². The van der Waals surface area contributed by atoms with E-state index in [0.29, 0.717) is 41.3 Å². The van der Waals surface area contributed by atoms with Crippen LogP contribution >= 0.6 is 15.9 Å². The number of nitrogens with one attached hydrogen (secondary N) is 1. The highest BCUT2D eigenvalue weighted by molar-refractivity contribution is 9.10. The molecule has 0 bridgehead atoms. The molecule has 0 radical (unpaired) electrons. The van der Waals surface area contributed by atoms with E-state index in [4.69, 9.17) is 9.47 Å². The summed E-state index contributed by atoms with van der Waals surface area (Å²) in [6, 6.07) is 7.42. The van der Waals surface area contributed by atoms with Crippen LogP contribution in [0, 0.1) is 6.92 Å². The first-order chi connectivity index (χ1) is 17.2. The third kappa shape index (κ3) is 5.83. The number of aryl methyl sites for hydroxylation is 1. The lowest BCUT2D eigenvalue weighted by Gasteiger charge is -2.27. The van der Waals surface area contributed by atoms with E-state index in [1.165, 1.54) is 13.2 Å². The predicted octanol–water partition coefficient (Wildman–Crippen LogP) is 4.10. The van der Waals surface area contributed by atoms with Crippen LogP contribution in [0.4, 0.5) is 10.5 Å². The van der Waals surface area contributed by atoms with Crippen LogP contribution in [0.3, 0.4) is 0 Å². The molecule has 0 saturated carbocycles. The van der Waals surface area contributed by atoms with Gasteiger partial charge in [0.2, 0.25) is 0 Å². The Balaban J connectivity index is 2.06. The van der Waals surface area contributed by atoms with Crippen LogP contribution in [-0.4, -0.2) is 44.1 Å². The standard InChI is InChI=1S/C26H25BrN2O7/c1-5-7-17-11-16(13-21(35-6-2)23(17)36-14-22(30)34-4)12-19-24(31)28-26(33)29(25(19)32)18-8-9-20(27)15(3)10-18/h5,8-13H,1,6-7,14H2,2-4H3,(H,28,31,33)/b19-12+. The second kappa shape index (κ2) is 11.7. The predicted molar refractivity (Wildman–Crippen MR) is 137 cm³/mol. The number of benzene rings is 2. The van der Waals surface area contributed by atoms with Gasteiger partial charge in [0.1, 0.15) is 5.57 Å². The largest absolute Gasteiger partial charge is 0.490 e. The second-order valence-corrected chi connectivity index (χ2v) is 8.54. The number of ether oxygens (including phenoxy) is 3. The van der Waals surface area contributed by atoms with Gasteiger partial charge in [0.15, 0.2) is 18.1 Å². The number of rotatable bonds is 9. The average molecular weight is 557 g/mol. The van der Waals surface area contributed by atoms with Crippen LogP contribution in [0.1, 0.15) is 23.6 Å². The quantitative estimate of drug-likeness (QED) is 0.214. The van der Waals surface area contributed by atoms with Gasteiger partial charge < -0.3 is 14.2 Å². The molecule has 0 spiro atoms. The molecule has 4 amide bonds. The zero-order chi connectivity index (χ0) is 26.4. The normalized spacial score (nSPS) is 14.5. The highest BCUT2D eigenvalue weighted by atomic mass is 79.9. The van der Waals surface area contributed by atoms with Gasteiger partial charge in [-0.25, -0.2) is 14.5 Å². The first-order valence-corrected chi connectivity index (χ1v) is 11.8. The molecule has 0 aliphatic carbocycles. The Morgan fingerprint density at radius 3 is 2.56 bits per heavy atom. The number of hydrogen-bond donors (Lipinski definition) is 1. The van der Waals surface area contributed by atoms with Crippen molar-refractivity contribution in [3.8, 4) is 11.5 Å². The smallest absolute Gasteiger partial charge is 0.343 e. The Morgan fingerprint density at radius 1 is 1.17 bits per heavy atom. The number of nitrogens with zero attached hydrogens (tertiary/aromatic N) is 1. The maximum atomic E-state index is 13.3. The molecule has 1 heterocycles. The number of urea groups is 1. The number of allylic oxidation sites excluding steroid dienone is 1. The van der Waals surface area contributed by atoms with Crippen molar-refractivity contribution < 1.29 is 33.4 Å². The number of hydrogen-bond acceptors (Lipinski definition) is 7. The van der Waals surface area contributed by atoms with Gasteiger partial charge in [0, 0.05) is 10.0 Å². The van der Waals surface area contributed by atoms with Gasteiger partial charge in [-0.1, -0.05) is 22.0 Å². The molecule has 3 rings (SSSR count). The van der Waals surface area contributed by atoms with E-state index >= 15 is 0 Å². The summed E-state index contributed by atoms with van der Waals surface area (Å²) in [6.45, 7) is 7.32. The van der Waals surface area contributed by atoms with E-state index in [2.05, 4.69) is 32.6 Å². The molecular weight excluding hydrogens is 532 g/mol. The number of imide groups is 2. The lowest BCUT2D eigenvalue weighted by atomic mass is 10.0. The molecule has 1 fully saturated rings. The van der Waals surface area contributed by atoms with Gasteiger partial charge in [-0.2, -0.15) is 0 Å². The minimum atomic E-state index is -0.835. The van der Waals surface area contributed by atoms with E-state index in [-0.39, 0.29) is 12.2 Å². The summed E-state index contributed by atoms with van der Waals surface area (Å²) >= 11 is 3.39. The van der Waals surface area contributed by atoms with Crippen molar-refractivity contribution in [2.24, 2.45) is 0 Å². The summed E-state index contributed by atoms with van der Waals surface area (Å²) in [5.74, 6) is -1.51. The molecule has 0 unspecified atom stereocenters. The fraction of sp³-hybridized carbons (Fsp3) is 0.231. The lowest BCUT2D eigenvalue weighted by molar-refractivity contribution is -0.143. The molecule has 0 atom stereocenters. The zero-order valence-electron chi connectivity index (χ0n) is 20.1. The summed E-state index contributed by atoms with van der Waals surface area (Å²) in [5.41, 5.74) is 1.98. The molecule has 1 aliphatic heterocycles. The van der Waals surface area contributed by atoms with E-state index in [0.717, 1.165) is 14.9 Å². The van der Waals surface area contributed by atoms with E-state index in [9.17, 15) is 19.2 Å². The minimum Gasteiger partial charge on any atom is -0.490 e. The number of carbonyl (C=O) groups excluding carboxylic acids is 4. The third-order valence-corrected chi connectivity index (χ3v) is 6.08. The number of anilines is 1. The van der Waals surface area contributed by atoms with Crippen LogP contribution < -0.4 is 19.7 Å². The fourth-order valence-electron chi connectivity index (χ4n) is 3.52. The SMILES string of the molecule is C=CCc1cc(/C=C2\C(=O)NC(=O)N(c3ccc(Br)c(C)c3)C2=O)cc(OCC)c1OCC(=O)OC. The van der Waals surface area contributed by atoms with Crippen LogP contribution in [0.5, 0.6) is 11.5 Å². The monoisotopic (exact) mass is 556 g/mol. The number of barbiturate groups is 1. The molecule has 0 aromatic heterocycles. The van der Waals surface area contributed by atoms with Crippen molar-refractivity contribution in [3.05, 3.63) is 69.7 Å². The van der Waals surface area contributed by atoms with Gasteiger partial charge >= 0.3 is 12.0 Å². The minimum absolute atomic E-state index is 0.231. The van der Waals surface area contributed by atoms with Gasteiger partial charge in [-0.3, -0.25) is 14.9 Å². The number of amides is 4. The number of esters is 1. The molecule has 2 aromatic rings. The zero-order valence-corrected chi connectivity index (χ0v) is 21.6. The summed E-state index contributed by atoms with van der Waals surface area (Å²) < 4.78 is 16.8. The molecule has 1 N–H and O–H groups in total. The van der Waals surface area contributed by atoms with E-state index in [1.54, 1.807) is 43.3 Å². The Morgan fingerprint density at radius 2 is 1.92 bits per heavy atom. The van der Waals surface area contributed by atoms with Gasteiger partial charge in [0.25, 0.3) is 11.8 Å². The van der Waals surface area contributed by atoms with Gasteiger partial charge in [-0.05, 0) is 67.8 Å². The Hall–Kier alpha value is -3.92. The Labute approximate surface area is 216 Å². The highest BCUT2D eigenvalue weighted by Crippen LogP contribution is 2.35. The van der Waals surface area contributed by atoms with Crippen LogP contribution in [-0.2, 0) is 25.5 Å².